The van der Waals surface area contributed by atoms with Crippen molar-refractivity contribution >= 4 is 11.9 Å². The topological polar surface area (TPSA) is 52.6 Å². The summed E-state index contributed by atoms with van der Waals surface area (Å²) >= 11 is 0. The van der Waals surface area contributed by atoms with E-state index in [0.29, 0.717) is 25.4 Å². The highest BCUT2D eigenvalue weighted by Gasteiger charge is 2.12. The van der Waals surface area contributed by atoms with E-state index in [4.69, 9.17) is 9.47 Å². The fourth-order valence-electron chi connectivity index (χ4n) is 7.92. The molecular weight excluding hydrogens is 701 g/mol. The maximum Gasteiger partial charge on any atom is 0.306 e. The molecule has 0 amide bonds. The highest BCUT2D eigenvalue weighted by molar-refractivity contribution is 5.69. The van der Waals surface area contributed by atoms with Crippen molar-refractivity contribution in [1.82, 2.24) is 0 Å². The van der Waals surface area contributed by atoms with Gasteiger partial charge in [-0.05, 0) is 45.4 Å². The van der Waals surface area contributed by atoms with Gasteiger partial charge < -0.3 is 9.47 Å². The first-order valence-corrected chi connectivity index (χ1v) is 26.3. The molecule has 0 bridgehead atoms. The molecular formula is C53H106O4. The van der Waals surface area contributed by atoms with Gasteiger partial charge in [0.25, 0.3) is 0 Å². The lowest BCUT2D eigenvalue weighted by Crippen LogP contribution is -2.14. The summed E-state index contributed by atoms with van der Waals surface area (Å²) in [5, 5.41) is 0. The smallest absolute Gasteiger partial charge is 0.306 e. The van der Waals surface area contributed by atoms with Crippen LogP contribution in [0.2, 0.25) is 0 Å². The van der Waals surface area contributed by atoms with Crippen LogP contribution in [0.1, 0.15) is 311 Å². The number of carbonyl (C=O) groups is 2. The third-order valence-corrected chi connectivity index (χ3v) is 11.7. The molecule has 1 atom stereocenters. The third-order valence-electron chi connectivity index (χ3n) is 11.7. The molecule has 4 heteroatoms. The van der Waals surface area contributed by atoms with Crippen LogP contribution in [-0.4, -0.2) is 24.6 Å². The van der Waals surface area contributed by atoms with Crippen LogP contribution in [-0.2, 0) is 19.1 Å². The first kappa shape index (κ1) is 58.0. The molecule has 0 N–H and O–H groups in total. The molecule has 0 fully saturated rings. The minimum absolute atomic E-state index is 0.0273. The molecule has 1 unspecified atom stereocenters. The summed E-state index contributed by atoms with van der Waals surface area (Å²) < 4.78 is 10.9. The van der Waals surface area contributed by atoms with Gasteiger partial charge in [0, 0.05) is 12.8 Å². The van der Waals surface area contributed by atoms with Crippen molar-refractivity contribution in [1.29, 1.82) is 0 Å². The van der Waals surface area contributed by atoms with Crippen molar-refractivity contribution in [3.63, 3.8) is 0 Å². The molecule has 342 valence electrons. The Bertz CT molecular complexity index is 764. The first-order chi connectivity index (χ1) is 27.9. The number of esters is 2. The van der Waals surface area contributed by atoms with Gasteiger partial charge in [-0.25, -0.2) is 0 Å². The average Bonchev–Trinajstić information content (AvgIpc) is 3.19. The molecule has 57 heavy (non-hydrogen) atoms. The lowest BCUT2D eigenvalue weighted by molar-refractivity contribution is -0.147. The van der Waals surface area contributed by atoms with Gasteiger partial charge in [0.15, 0.2) is 0 Å². The second-order valence-corrected chi connectivity index (χ2v) is 18.2. The van der Waals surface area contributed by atoms with Crippen molar-refractivity contribution in [3.05, 3.63) is 0 Å². The summed E-state index contributed by atoms with van der Waals surface area (Å²) in [5.74, 6) is 0.598. The summed E-state index contributed by atoms with van der Waals surface area (Å²) in [6, 6.07) is 0. The standard InChI is InChI=1S/C34H68O2.C19H38O2/c1-4-7-10-13-16-18-19-20-22-25-28-31-34(35)36-32-33(29-26-23-15-12-9-6-3)30-27-24-21-17-14-11-8-5-2;1-4-5-6-7-8-9-10-11-12-13-14-15-16-17-19(20)21-18(2)3/h33H,4-32H2,1-3H3;18H,4-17H2,1-3H3. The van der Waals surface area contributed by atoms with Crippen LogP contribution in [0, 0.1) is 5.92 Å². The van der Waals surface area contributed by atoms with Gasteiger partial charge in [0.2, 0.25) is 0 Å². The monoisotopic (exact) mass is 807 g/mol. The van der Waals surface area contributed by atoms with Crippen LogP contribution in [0.15, 0.2) is 0 Å². The van der Waals surface area contributed by atoms with Crippen LogP contribution in [0.3, 0.4) is 0 Å². The zero-order valence-corrected chi connectivity index (χ0v) is 40.2. The fourth-order valence-corrected chi connectivity index (χ4v) is 7.92. The molecule has 0 aromatic rings. The van der Waals surface area contributed by atoms with Crippen LogP contribution in [0.5, 0.6) is 0 Å². The van der Waals surface area contributed by atoms with E-state index >= 15 is 0 Å². The Labute approximate surface area is 359 Å². The highest BCUT2D eigenvalue weighted by atomic mass is 16.5. The van der Waals surface area contributed by atoms with Crippen molar-refractivity contribution in [3.8, 4) is 0 Å². The molecule has 0 rings (SSSR count). The lowest BCUT2D eigenvalue weighted by Gasteiger charge is -2.17. The Balaban J connectivity index is 0. The molecule has 0 heterocycles. The predicted octanol–water partition coefficient (Wildman–Crippen LogP) is 18.5. The van der Waals surface area contributed by atoms with Gasteiger partial charge in [-0.2, -0.15) is 0 Å². The summed E-state index contributed by atoms with van der Waals surface area (Å²) in [7, 11) is 0. The van der Waals surface area contributed by atoms with E-state index in [0.717, 1.165) is 12.8 Å². The van der Waals surface area contributed by atoms with E-state index in [1.165, 1.54) is 244 Å². The Morgan fingerprint density at radius 1 is 0.333 bits per heavy atom. The number of hydrogen-bond donors (Lipinski definition) is 0. The summed E-state index contributed by atoms with van der Waals surface area (Å²) in [6.07, 6.45) is 54.7. The molecule has 0 aliphatic heterocycles. The number of carbonyl (C=O) groups excluding carboxylic acids is 2. The number of unbranched alkanes of at least 4 members (excludes halogenated alkanes) is 34. The maximum atomic E-state index is 12.3. The number of rotatable bonds is 45. The molecule has 0 aliphatic carbocycles. The van der Waals surface area contributed by atoms with Crippen molar-refractivity contribution in [2.45, 2.75) is 317 Å². The van der Waals surface area contributed by atoms with Gasteiger partial charge in [-0.3, -0.25) is 9.59 Å². The molecule has 0 spiro atoms. The minimum Gasteiger partial charge on any atom is -0.465 e. The Morgan fingerprint density at radius 2 is 0.579 bits per heavy atom. The maximum absolute atomic E-state index is 12.3. The second kappa shape index (κ2) is 51.1. The molecule has 4 nitrogen and oxygen atoms in total. The molecule has 0 saturated carbocycles. The van der Waals surface area contributed by atoms with E-state index in [9.17, 15) is 9.59 Å². The van der Waals surface area contributed by atoms with E-state index in [2.05, 4.69) is 27.7 Å². The Kier molecular flexibility index (Phi) is 52.0. The van der Waals surface area contributed by atoms with E-state index in [1.807, 2.05) is 13.8 Å². The van der Waals surface area contributed by atoms with Crippen LogP contribution in [0.4, 0.5) is 0 Å². The van der Waals surface area contributed by atoms with E-state index < -0.39 is 0 Å². The third kappa shape index (κ3) is 52.9. The summed E-state index contributed by atoms with van der Waals surface area (Å²) in [6.45, 7) is 13.6. The van der Waals surface area contributed by atoms with E-state index in [1.54, 1.807) is 0 Å². The largest absolute Gasteiger partial charge is 0.465 e. The van der Waals surface area contributed by atoms with Gasteiger partial charge >= 0.3 is 11.9 Å². The molecule has 0 aromatic heterocycles. The average molecular weight is 807 g/mol. The SMILES string of the molecule is CCCCCCCCCCCCCC(=O)OCC(CCCCCCCC)CCCCCCCCCC.CCCCCCCCCCCCCCCC(=O)OC(C)C. The molecule has 0 aliphatic rings. The lowest BCUT2D eigenvalue weighted by atomic mass is 9.94. The minimum atomic E-state index is -0.0342. The zero-order valence-electron chi connectivity index (χ0n) is 40.2. The summed E-state index contributed by atoms with van der Waals surface area (Å²) in [4.78, 5) is 23.7. The second-order valence-electron chi connectivity index (χ2n) is 18.2. The Hall–Kier alpha value is -1.06. The zero-order chi connectivity index (χ0) is 42.1. The van der Waals surface area contributed by atoms with E-state index in [-0.39, 0.29) is 18.0 Å². The normalized spacial score (nSPS) is 11.8. The quantitative estimate of drug-likeness (QED) is 0.0454. The number of hydrogen-bond acceptors (Lipinski definition) is 4. The molecule has 0 saturated heterocycles. The van der Waals surface area contributed by atoms with Gasteiger partial charge in [-0.15, -0.1) is 0 Å². The number of ether oxygens (including phenoxy) is 2. The fraction of sp³-hybridized carbons (Fsp3) is 0.962. The van der Waals surface area contributed by atoms with Crippen LogP contribution < -0.4 is 0 Å². The van der Waals surface area contributed by atoms with Crippen molar-refractivity contribution in [2.75, 3.05) is 6.61 Å². The van der Waals surface area contributed by atoms with Crippen LogP contribution >= 0.6 is 0 Å². The van der Waals surface area contributed by atoms with Gasteiger partial charge in [0.1, 0.15) is 0 Å². The molecule has 0 aromatic carbocycles. The van der Waals surface area contributed by atoms with Gasteiger partial charge in [-0.1, -0.05) is 259 Å². The molecule has 0 radical (unpaired) electrons. The predicted molar refractivity (Wildman–Crippen MR) is 252 cm³/mol. The Morgan fingerprint density at radius 3 is 0.860 bits per heavy atom. The van der Waals surface area contributed by atoms with Crippen LogP contribution in [0.25, 0.3) is 0 Å². The summed E-state index contributed by atoms with van der Waals surface area (Å²) in [5.41, 5.74) is 0. The first-order valence-electron chi connectivity index (χ1n) is 26.3. The highest BCUT2D eigenvalue weighted by Crippen LogP contribution is 2.21. The van der Waals surface area contributed by atoms with Crippen molar-refractivity contribution < 1.29 is 19.1 Å². The van der Waals surface area contributed by atoms with Crippen molar-refractivity contribution in [2.24, 2.45) is 5.92 Å². The van der Waals surface area contributed by atoms with Gasteiger partial charge in [0.05, 0.1) is 12.7 Å².